The highest BCUT2D eigenvalue weighted by Gasteiger charge is 2.31. The van der Waals surface area contributed by atoms with Gasteiger partial charge in [0.2, 0.25) is 11.8 Å². The van der Waals surface area contributed by atoms with Gasteiger partial charge in [0.25, 0.3) is 0 Å². The molecule has 4 amide bonds. The maximum absolute atomic E-state index is 11.8. The Morgan fingerprint density at radius 1 is 1.18 bits per heavy atom. The summed E-state index contributed by atoms with van der Waals surface area (Å²) in [6.07, 6.45) is -5.72. The molecule has 0 radical (unpaired) electrons. The molecule has 0 bridgehead atoms. The zero-order valence-electron chi connectivity index (χ0n) is 8.84. The number of urea groups is 1. The molecule has 0 aromatic carbocycles. The van der Waals surface area contributed by atoms with Gasteiger partial charge in [-0.3, -0.25) is 19.8 Å². The predicted octanol–water partition coefficient (Wildman–Crippen LogP) is 1.19. The van der Waals surface area contributed by atoms with E-state index in [4.69, 9.17) is 0 Å². The number of imide groups is 2. The fourth-order valence-corrected chi connectivity index (χ4v) is 1.40. The molecule has 1 rings (SSSR count). The number of nitrogens with zero attached hydrogens (tertiary/aromatic N) is 1. The number of carbonyl (C=O) groups is 3. The number of carbonyl (C=O) groups excluding carboxylic acids is 3. The number of barbiturate groups is 1. The summed E-state index contributed by atoms with van der Waals surface area (Å²) in [4.78, 5) is 33.9. The van der Waals surface area contributed by atoms with Crippen molar-refractivity contribution in [2.45, 2.75) is 31.9 Å². The summed E-state index contributed by atoms with van der Waals surface area (Å²) in [7, 11) is 0. The fourth-order valence-electron chi connectivity index (χ4n) is 1.40. The van der Waals surface area contributed by atoms with Crippen LogP contribution in [0.4, 0.5) is 18.0 Å². The Kier molecular flexibility index (Phi) is 4.08. The van der Waals surface area contributed by atoms with E-state index in [1.807, 2.05) is 5.32 Å². The molecule has 1 saturated heterocycles. The quantitative estimate of drug-likeness (QED) is 0.603. The van der Waals surface area contributed by atoms with Crippen molar-refractivity contribution < 1.29 is 27.6 Å². The summed E-state index contributed by atoms with van der Waals surface area (Å²) in [5.41, 5.74) is 0. The van der Waals surface area contributed by atoms with Crippen LogP contribution in [0.15, 0.2) is 0 Å². The van der Waals surface area contributed by atoms with E-state index in [0.29, 0.717) is 0 Å². The first kappa shape index (κ1) is 13.5. The summed E-state index contributed by atoms with van der Waals surface area (Å²) < 4.78 is 35.5. The van der Waals surface area contributed by atoms with Gasteiger partial charge in [0, 0.05) is 13.0 Å². The first-order valence-electron chi connectivity index (χ1n) is 5.00. The van der Waals surface area contributed by atoms with E-state index < -0.39 is 36.9 Å². The number of alkyl halides is 3. The average molecular weight is 252 g/mol. The Morgan fingerprint density at radius 2 is 1.82 bits per heavy atom. The van der Waals surface area contributed by atoms with Gasteiger partial charge in [0.15, 0.2) is 0 Å². The SMILES string of the molecule is O=C1CC(=O)N(CCCCC(F)(F)F)C(=O)N1. The van der Waals surface area contributed by atoms with Crippen LogP contribution in [0, 0.1) is 0 Å². The van der Waals surface area contributed by atoms with Gasteiger partial charge in [0.05, 0.1) is 0 Å². The molecule has 0 unspecified atom stereocenters. The van der Waals surface area contributed by atoms with Crippen LogP contribution in [-0.4, -0.2) is 35.5 Å². The van der Waals surface area contributed by atoms with Crippen molar-refractivity contribution in [3.63, 3.8) is 0 Å². The van der Waals surface area contributed by atoms with Crippen molar-refractivity contribution >= 4 is 17.8 Å². The average Bonchev–Trinajstić information content (AvgIpc) is 2.13. The molecule has 96 valence electrons. The molecule has 1 heterocycles. The molecular formula is C9H11F3N2O3. The van der Waals surface area contributed by atoms with Gasteiger partial charge in [-0.05, 0) is 12.8 Å². The summed E-state index contributed by atoms with van der Waals surface area (Å²) in [6.45, 7) is -0.103. The van der Waals surface area contributed by atoms with Crippen LogP contribution in [0.5, 0.6) is 0 Å². The second kappa shape index (κ2) is 5.15. The number of hydrogen-bond donors (Lipinski definition) is 1. The maximum atomic E-state index is 11.8. The van der Waals surface area contributed by atoms with E-state index in [1.165, 1.54) is 0 Å². The Balaban J connectivity index is 2.34. The molecule has 0 spiro atoms. The van der Waals surface area contributed by atoms with Gasteiger partial charge < -0.3 is 0 Å². The number of hydrogen-bond acceptors (Lipinski definition) is 3. The minimum Gasteiger partial charge on any atom is -0.277 e. The molecule has 5 nitrogen and oxygen atoms in total. The molecule has 0 saturated carbocycles. The van der Waals surface area contributed by atoms with Crippen LogP contribution in [0.25, 0.3) is 0 Å². The van der Waals surface area contributed by atoms with Crippen LogP contribution in [0.1, 0.15) is 25.7 Å². The molecule has 8 heteroatoms. The molecule has 17 heavy (non-hydrogen) atoms. The number of halogens is 3. The maximum Gasteiger partial charge on any atom is 0.389 e. The standard InChI is InChI=1S/C9H11F3N2O3/c10-9(11,12)3-1-2-4-14-7(16)5-6(15)13-8(14)17/h1-5H2,(H,13,15,17). The topological polar surface area (TPSA) is 66.5 Å². The second-order valence-corrected chi connectivity index (χ2v) is 3.65. The summed E-state index contributed by atoms with van der Waals surface area (Å²) in [5, 5.41) is 1.92. The lowest BCUT2D eigenvalue weighted by Crippen LogP contribution is -2.52. The molecule has 0 atom stereocenters. The Labute approximate surface area is 94.9 Å². The van der Waals surface area contributed by atoms with Gasteiger partial charge in [-0.2, -0.15) is 13.2 Å². The van der Waals surface area contributed by atoms with E-state index in [9.17, 15) is 27.6 Å². The smallest absolute Gasteiger partial charge is 0.277 e. The third kappa shape index (κ3) is 4.41. The van der Waals surface area contributed by atoms with Crippen LogP contribution < -0.4 is 5.32 Å². The molecule has 0 aromatic heterocycles. The van der Waals surface area contributed by atoms with Crippen LogP contribution >= 0.6 is 0 Å². The highest BCUT2D eigenvalue weighted by atomic mass is 19.4. The van der Waals surface area contributed by atoms with Gasteiger partial charge in [-0.25, -0.2) is 4.79 Å². The Bertz CT molecular complexity index is 321. The van der Waals surface area contributed by atoms with Crippen molar-refractivity contribution in [1.29, 1.82) is 0 Å². The highest BCUT2D eigenvalue weighted by Crippen LogP contribution is 2.22. The van der Waals surface area contributed by atoms with Gasteiger partial charge in [0.1, 0.15) is 6.42 Å². The lowest BCUT2D eigenvalue weighted by molar-refractivity contribution is -0.136. The molecule has 0 aliphatic carbocycles. The third-order valence-corrected chi connectivity index (χ3v) is 2.20. The molecule has 1 N–H and O–H groups in total. The highest BCUT2D eigenvalue weighted by molar-refractivity contribution is 6.14. The normalized spacial score (nSPS) is 17.4. The summed E-state index contributed by atoms with van der Waals surface area (Å²) >= 11 is 0. The number of nitrogens with one attached hydrogen (secondary N) is 1. The lowest BCUT2D eigenvalue weighted by Gasteiger charge is -2.24. The monoisotopic (exact) mass is 252 g/mol. The van der Waals surface area contributed by atoms with Gasteiger partial charge >= 0.3 is 12.2 Å². The van der Waals surface area contributed by atoms with E-state index in [2.05, 4.69) is 0 Å². The zero-order valence-corrected chi connectivity index (χ0v) is 8.84. The zero-order chi connectivity index (χ0) is 13.1. The van der Waals surface area contributed by atoms with Crippen LogP contribution in [0.2, 0.25) is 0 Å². The largest absolute Gasteiger partial charge is 0.389 e. The van der Waals surface area contributed by atoms with Crippen molar-refractivity contribution in [3.8, 4) is 0 Å². The first-order valence-corrected chi connectivity index (χ1v) is 5.00. The number of amides is 4. The van der Waals surface area contributed by atoms with Crippen molar-refractivity contribution in [1.82, 2.24) is 10.2 Å². The minimum atomic E-state index is -4.23. The van der Waals surface area contributed by atoms with Crippen molar-refractivity contribution in [2.75, 3.05) is 6.54 Å². The van der Waals surface area contributed by atoms with Crippen molar-refractivity contribution in [3.05, 3.63) is 0 Å². The molecule has 1 aliphatic heterocycles. The summed E-state index contributed by atoms with van der Waals surface area (Å²) in [6, 6.07) is -0.863. The van der Waals surface area contributed by atoms with Gasteiger partial charge in [-0.1, -0.05) is 0 Å². The van der Waals surface area contributed by atoms with Crippen LogP contribution in [-0.2, 0) is 9.59 Å². The third-order valence-electron chi connectivity index (χ3n) is 2.20. The Hall–Kier alpha value is -1.60. The van der Waals surface area contributed by atoms with Crippen molar-refractivity contribution in [2.24, 2.45) is 0 Å². The van der Waals surface area contributed by atoms with E-state index >= 15 is 0 Å². The van der Waals surface area contributed by atoms with Gasteiger partial charge in [-0.15, -0.1) is 0 Å². The second-order valence-electron chi connectivity index (χ2n) is 3.65. The summed E-state index contributed by atoms with van der Waals surface area (Å²) in [5.74, 6) is -1.36. The van der Waals surface area contributed by atoms with E-state index in [-0.39, 0.29) is 19.4 Å². The molecule has 1 fully saturated rings. The van der Waals surface area contributed by atoms with E-state index in [0.717, 1.165) is 4.90 Å². The lowest BCUT2D eigenvalue weighted by atomic mass is 10.2. The molecule has 1 aliphatic rings. The van der Waals surface area contributed by atoms with Crippen LogP contribution in [0.3, 0.4) is 0 Å². The predicted molar refractivity (Wildman–Crippen MR) is 49.8 cm³/mol. The Morgan fingerprint density at radius 3 is 2.35 bits per heavy atom. The van der Waals surface area contributed by atoms with E-state index in [1.54, 1.807) is 0 Å². The fraction of sp³-hybridized carbons (Fsp3) is 0.667. The number of unbranched alkanes of at least 4 members (excludes halogenated alkanes) is 1. The molecular weight excluding hydrogens is 241 g/mol. The molecule has 0 aromatic rings. The first-order chi connectivity index (χ1) is 7.79. The minimum absolute atomic E-state index is 0.0624. The number of rotatable bonds is 4.